The van der Waals surface area contributed by atoms with Crippen molar-refractivity contribution in [2.24, 2.45) is 0 Å². The molecule has 0 spiro atoms. The van der Waals surface area contributed by atoms with Crippen LogP contribution in [-0.4, -0.2) is 14.8 Å². The lowest BCUT2D eigenvalue weighted by Gasteiger charge is -2.48. The third kappa shape index (κ3) is 3.90. The fourth-order valence-electron chi connectivity index (χ4n) is 6.81. The summed E-state index contributed by atoms with van der Waals surface area (Å²) in [5.41, 5.74) is 10.3. The number of benzene rings is 5. The first-order valence-corrected chi connectivity index (χ1v) is 15.0. The van der Waals surface area contributed by atoms with E-state index >= 15 is 0 Å². The van der Waals surface area contributed by atoms with Gasteiger partial charge >= 0.3 is 0 Å². The highest BCUT2D eigenvalue weighted by Gasteiger charge is 2.45. The summed E-state index contributed by atoms with van der Waals surface area (Å²) in [6.07, 6.45) is 0. The highest BCUT2D eigenvalue weighted by atomic mass is 16.3. The summed E-state index contributed by atoms with van der Waals surface area (Å²) in [6.45, 7) is 10.1. The van der Waals surface area contributed by atoms with Crippen molar-refractivity contribution in [2.45, 2.75) is 45.1 Å². The quantitative estimate of drug-likeness (QED) is 0.216. The molecule has 0 atom stereocenters. The molecule has 4 heteroatoms. The van der Waals surface area contributed by atoms with Gasteiger partial charge in [-0.05, 0) is 62.9 Å². The third-order valence-corrected chi connectivity index (χ3v) is 9.88. The summed E-state index contributed by atoms with van der Waals surface area (Å²) in [6, 6.07) is 40.6. The zero-order valence-electron chi connectivity index (χ0n) is 24.9. The molecular formula is C39H33N3O. The van der Waals surface area contributed by atoms with E-state index in [0.717, 1.165) is 38.9 Å². The lowest BCUT2D eigenvalue weighted by molar-refractivity contribution is 0.299. The first kappa shape index (κ1) is 25.7. The molecule has 0 N–H and O–H groups in total. The first-order chi connectivity index (χ1) is 20.8. The summed E-state index contributed by atoms with van der Waals surface area (Å²) in [5, 5.41) is 7.28. The molecule has 0 fully saturated rings. The Labute approximate surface area is 251 Å². The van der Waals surface area contributed by atoms with Crippen LogP contribution in [-0.2, 0) is 17.4 Å². The molecule has 2 aromatic heterocycles. The zero-order valence-corrected chi connectivity index (χ0v) is 24.9. The highest BCUT2D eigenvalue weighted by molar-refractivity contribution is 6.05. The Bertz CT molecular complexity index is 2160. The van der Waals surface area contributed by atoms with Crippen LogP contribution >= 0.6 is 0 Å². The topological polar surface area (TPSA) is 43.9 Å². The molecule has 1 aliphatic carbocycles. The van der Waals surface area contributed by atoms with Gasteiger partial charge in [-0.15, -0.1) is 0 Å². The molecular weight excluding hydrogens is 526 g/mol. The predicted molar refractivity (Wildman–Crippen MR) is 175 cm³/mol. The van der Waals surface area contributed by atoms with Gasteiger partial charge in [0.15, 0.2) is 11.6 Å². The second kappa shape index (κ2) is 9.27. The lowest BCUT2D eigenvalue weighted by atomic mass is 9.55. The van der Waals surface area contributed by atoms with E-state index in [1.807, 2.05) is 41.1 Å². The molecule has 1 aliphatic rings. The van der Waals surface area contributed by atoms with Crippen LogP contribution in [0.5, 0.6) is 0 Å². The number of aromatic nitrogens is 3. The normalized spacial score (nSPS) is 15.0. The molecule has 0 amide bonds. The van der Waals surface area contributed by atoms with Gasteiger partial charge in [0.2, 0.25) is 0 Å². The average molecular weight is 560 g/mol. The first-order valence-electron chi connectivity index (χ1n) is 15.0. The van der Waals surface area contributed by atoms with Gasteiger partial charge in [0, 0.05) is 21.9 Å². The summed E-state index contributed by atoms with van der Waals surface area (Å²) < 4.78 is 8.28. The van der Waals surface area contributed by atoms with Gasteiger partial charge < -0.3 is 4.42 Å². The molecule has 7 aromatic rings. The van der Waals surface area contributed by atoms with Crippen molar-refractivity contribution in [3.05, 3.63) is 132 Å². The molecule has 4 nitrogen and oxygen atoms in total. The van der Waals surface area contributed by atoms with Crippen LogP contribution in [0.2, 0.25) is 0 Å². The summed E-state index contributed by atoms with van der Waals surface area (Å²) in [5.74, 6) is 1.53. The van der Waals surface area contributed by atoms with E-state index in [9.17, 15) is 0 Å². The Morgan fingerprint density at radius 3 is 2.14 bits per heavy atom. The van der Waals surface area contributed by atoms with Gasteiger partial charge in [-0.1, -0.05) is 119 Å². The standard InChI is InChI=1S/C39H33N3O/c1-38(2)32-16-10-8-14-28(32)31-22-25(18-21-33(31)39(38,3)4)24-42-37(40-36(41-42)26-12-6-5-7-13-26)27-19-20-30-29-15-9-11-17-34(29)43-35(30)23-27/h5-23H,24H2,1-4H3. The van der Waals surface area contributed by atoms with E-state index in [1.54, 1.807) is 0 Å². The van der Waals surface area contributed by atoms with Crippen molar-refractivity contribution >= 4 is 21.9 Å². The molecule has 0 aliphatic heterocycles. The molecule has 0 unspecified atom stereocenters. The fraction of sp³-hybridized carbons (Fsp3) is 0.179. The van der Waals surface area contributed by atoms with Crippen molar-refractivity contribution in [3.8, 4) is 33.9 Å². The maximum Gasteiger partial charge on any atom is 0.181 e. The minimum Gasteiger partial charge on any atom is -0.456 e. The van der Waals surface area contributed by atoms with E-state index in [-0.39, 0.29) is 10.8 Å². The maximum absolute atomic E-state index is 6.24. The fourth-order valence-corrected chi connectivity index (χ4v) is 6.81. The second-order valence-electron chi connectivity index (χ2n) is 12.8. The number of hydrogen-bond donors (Lipinski definition) is 0. The number of hydrogen-bond acceptors (Lipinski definition) is 3. The number of para-hydroxylation sites is 1. The van der Waals surface area contributed by atoms with E-state index in [4.69, 9.17) is 14.5 Å². The summed E-state index contributed by atoms with van der Waals surface area (Å²) in [4.78, 5) is 5.08. The Balaban J connectivity index is 1.26. The zero-order chi connectivity index (χ0) is 29.3. The molecule has 43 heavy (non-hydrogen) atoms. The van der Waals surface area contributed by atoms with Gasteiger partial charge in [-0.2, -0.15) is 5.10 Å². The minimum absolute atomic E-state index is 0.0110. The van der Waals surface area contributed by atoms with E-state index in [1.165, 1.54) is 27.8 Å². The van der Waals surface area contributed by atoms with Crippen LogP contribution in [0.25, 0.3) is 55.8 Å². The highest BCUT2D eigenvalue weighted by Crippen LogP contribution is 2.53. The minimum atomic E-state index is -0.0178. The van der Waals surface area contributed by atoms with Gasteiger partial charge in [0.1, 0.15) is 11.2 Å². The Kier molecular flexibility index (Phi) is 5.55. The van der Waals surface area contributed by atoms with Gasteiger partial charge in [0.25, 0.3) is 0 Å². The predicted octanol–water partition coefficient (Wildman–Crippen LogP) is 9.80. The van der Waals surface area contributed by atoms with E-state index in [0.29, 0.717) is 12.4 Å². The summed E-state index contributed by atoms with van der Waals surface area (Å²) >= 11 is 0. The molecule has 0 bridgehead atoms. The van der Waals surface area contributed by atoms with Crippen molar-refractivity contribution < 1.29 is 4.42 Å². The molecule has 5 aromatic carbocycles. The number of rotatable bonds is 4. The van der Waals surface area contributed by atoms with E-state index in [2.05, 4.69) is 107 Å². The number of fused-ring (bicyclic) bond motifs is 6. The summed E-state index contributed by atoms with van der Waals surface area (Å²) in [7, 11) is 0. The van der Waals surface area contributed by atoms with Crippen LogP contribution < -0.4 is 0 Å². The molecule has 2 heterocycles. The number of furan rings is 1. The maximum atomic E-state index is 6.24. The van der Waals surface area contributed by atoms with Crippen LogP contribution in [0.4, 0.5) is 0 Å². The monoisotopic (exact) mass is 559 g/mol. The Hall–Kier alpha value is -4.96. The van der Waals surface area contributed by atoms with Crippen molar-refractivity contribution in [1.82, 2.24) is 14.8 Å². The Morgan fingerprint density at radius 1 is 0.605 bits per heavy atom. The number of nitrogens with zero attached hydrogens (tertiary/aromatic N) is 3. The van der Waals surface area contributed by atoms with Gasteiger partial charge in [0.05, 0.1) is 6.54 Å². The lowest BCUT2D eigenvalue weighted by Crippen LogP contribution is -2.43. The molecule has 210 valence electrons. The van der Waals surface area contributed by atoms with Crippen molar-refractivity contribution in [1.29, 1.82) is 0 Å². The van der Waals surface area contributed by atoms with Crippen molar-refractivity contribution in [2.75, 3.05) is 0 Å². The molecule has 0 saturated heterocycles. The van der Waals surface area contributed by atoms with Crippen LogP contribution in [0, 0.1) is 0 Å². The van der Waals surface area contributed by atoms with E-state index < -0.39 is 0 Å². The van der Waals surface area contributed by atoms with Crippen LogP contribution in [0.1, 0.15) is 44.4 Å². The van der Waals surface area contributed by atoms with Crippen LogP contribution in [0.15, 0.2) is 120 Å². The largest absolute Gasteiger partial charge is 0.456 e. The second-order valence-corrected chi connectivity index (χ2v) is 12.8. The third-order valence-electron chi connectivity index (χ3n) is 9.88. The SMILES string of the molecule is CC1(C)c2ccccc2-c2cc(Cn3nc(-c4ccccc4)nc3-c3ccc4c(c3)oc3ccccc34)ccc2C1(C)C. The van der Waals surface area contributed by atoms with Crippen LogP contribution in [0.3, 0.4) is 0 Å². The van der Waals surface area contributed by atoms with Crippen molar-refractivity contribution in [3.63, 3.8) is 0 Å². The Morgan fingerprint density at radius 2 is 1.30 bits per heavy atom. The van der Waals surface area contributed by atoms with Gasteiger partial charge in [-0.25, -0.2) is 9.67 Å². The smallest absolute Gasteiger partial charge is 0.181 e. The molecule has 0 saturated carbocycles. The molecule has 8 rings (SSSR count). The van der Waals surface area contributed by atoms with Gasteiger partial charge in [-0.3, -0.25) is 0 Å². The average Bonchev–Trinajstić information content (AvgIpc) is 3.62. The molecule has 0 radical (unpaired) electrons.